The summed E-state index contributed by atoms with van der Waals surface area (Å²) in [6.45, 7) is 11.8. The molecular weight excluding hydrogens is 120 g/mol. The zero-order valence-electron chi connectivity index (χ0n) is 7.94. The van der Waals surface area contributed by atoms with Gasteiger partial charge in [0.15, 0.2) is 0 Å². The molecule has 0 bridgehead atoms. The molecule has 10 heavy (non-hydrogen) atoms. The molecule has 0 amide bonds. The van der Waals surface area contributed by atoms with Gasteiger partial charge in [0.05, 0.1) is 0 Å². The number of hydrogen-bond acceptors (Lipinski definition) is 0. The van der Waals surface area contributed by atoms with E-state index in [1.54, 1.807) is 0 Å². The third-order valence-electron chi connectivity index (χ3n) is 3.71. The Morgan fingerprint density at radius 2 is 1.90 bits per heavy atom. The summed E-state index contributed by atoms with van der Waals surface area (Å²) in [7, 11) is 0. The SMILES string of the molecule is CCC1(C)C(C)C1C(C)C. The fourth-order valence-electron chi connectivity index (χ4n) is 2.74. The second-order valence-corrected chi connectivity index (χ2v) is 4.42. The van der Waals surface area contributed by atoms with E-state index < -0.39 is 0 Å². The maximum atomic E-state index is 2.43. The van der Waals surface area contributed by atoms with Crippen molar-refractivity contribution in [1.82, 2.24) is 0 Å². The molecule has 0 saturated heterocycles. The predicted octanol–water partition coefficient (Wildman–Crippen LogP) is 3.32. The monoisotopic (exact) mass is 140 g/mol. The molecule has 0 N–H and O–H groups in total. The van der Waals surface area contributed by atoms with Crippen molar-refractivity contribution in [2.45, 2.75) is 41.0 Å². The molecule has 1 aliphatic carbocycles. The molecule has 1 fully saturated rings. The Bertz CT molecular complexity index is 126. The van der Waals surface area contributed by atoms with Gasteiger partial charge in [-0.05, 0) is 23.2 Å². The van der Waals surface area contributed by atoms with Crippen LogP contribution in [0.15, 0.2) is 0 Å². The van der Waals surface area contributed by atoms with E-state index in [0.717, 1.165) is 17.8 Å². The first-order chi connectivity index (χ1) is 4.54. The van der Waals surface area contributed by atoms with Crippen molar-refractivity contribution < 1.29 is 0 Å². The van der Waals surface area contributed by atoms with Gasteiger partial charge < -0.3 is 0 Å². The molecule has 60 valence electrons. The van der Waals surface area contributed by atoms with E-state index in [1.807, 2.05) is 0 Å². The van der Waals surface area contributed by atoms with Crippen LogP contribution in [0.2, 0.25) is 0 Å². The van der Waals surface area contributed by atoms with Crippen molar-refractivity contribution >= 4 is 0 Å². The summed E-state index contributed by atoms with van der Waals surface area (Å²) in [6, 6.07) is 0. The van der Waals surface area contributed by atoms with Crippen molar-refractivity contribution in [3.63, 3.8) is 0 Å². The first-order valence-electron chi connectivity index (χ1n) is 4.54. The van der Waals surface area contributed by atoms with Crippen molar-refractivity contribution in [2.75, 3.05) is 0 Å². The van der Waals surface area contributed by atoms with Gasteiger partial charge in [0.1, 0.15) is 0 Å². The van der Waals surface area contributed by atoms with Crippen molar-refractivity contribution in [3.05, 3.63) is 0 Å². The second kappa shape index (κ2) is 2.25. The molecule has 0 aromatic carbocycles. The zero-order valence-corrected chi connectivity index (χ0v) is 7.94. The van der Waals surface area contributed by atoms with Crippen molar-refractivity contribution in [3.8, 4) is 0 Å². The van der Waals surface area contributed by atoms with Gasteiger partial charge in [0.2, 0.25) is 0 Å². The van der Waals surface area contributed by atoms with E-state index in [4.69, 9.17) is 0 Å². The Morgan fingerprint density at radius 1 is 1.40 bits per heavy atom. The smallest absolute Gasteiger partial charge is 0.0266 e. The van der Waals surface area contributed by atoms with Gasteiger partial charge in [-0.15, -0.1) is 0 Å². The Labute approximate surface area is 65.0 Å². The molecule has 1 rings (SSSR count). The van der Waals surface area contributed by atoms with Crippen LogP contribution in [0.4, 0.5) is 0 Å². The zero-order chi connectivity index (χ0) is 7.94. The summed E-state index contributed by atoms with van der Waals surface area (Å²) in [6.07, 6.45) is 1.36. The average molecular weight is 140 g/mol. The summed E-state index contributed by atoms with van der Waals surface area (Å²) in [5.74, 6) is 2.86. The van der Waals surface area contributed by atoms with Gasteiger partial charge in [-0.3, -0.25) is 0 Å². The predicted molar refractivity (Wildman–Crippen MR) is 45.9 cm³/mol. The van der Waals surface area contributed by atoms with E-state index in [9.17, 15) is 0 Å². The summed E-state index contributed by atoms with van der Waals surface area (Å²) in [5, 5.41) is 0. The van der Waals surface area contributed by atoms with Gasteiger partial charge >= 0.3 is 0 Å². The lowest BCUT2D eigenvalue weighted by atomic mass is 9.97. The molecular formula is C10H20. The highest BCUT2D eigenvalue weighted by molar-refractivity contribution is 5.05. The van der Waals surface area contributed by atoms with Gasteiger partial charge in [0, 0.05) is 0 Å². The molecule has 1 aliphatic rings. The molecule has 0 aromatic heterocycles. The minimum atomic E-state index is 0.689. The average Bonchev–Trinajstić information content (AvgIpc) is 2.38. The highest BCUT2D eigenvalue weighted by atomic mass is 14.6. The molecule has 0 aromatic rings. The van der Waals surface area contributed by atoms with Crippen LogP contribution in [-0.4, -0.2) is 0 Å². The lowest BCUT2D eigenvalue weighted by Gasteiger charge is -2.08. The van der Waals surface area contributed by atoms with Crippen LogP contribution in [0.5, 0.6) is 0 Å². The summed E-state index contributed by atoms with van der Waals surface area (Å²) in [4.78, 5) is 0. The fraction of sp³-hybridized carbons (Fsp3) is 1.00. The molecule has 0 aliphatic heterocycles. The van der Waals surface area contributed by atoms with Crippen LogP contribution in [-0.2, 0) is 0 Å². The molecule has 0 radical (unpaired) electrons. The minimum Gasteiger partial charge on any atom is -0.0648 e. The second-order valence-electron chi connectivity index (χ2n) is 4.42. The Morgan fingerprint density at radius 3 is 2.00 bits per heavy atom. The number of hydrogen-bond donors (Lipinski definition) is 0. The van der Waals surface area contributed by atoms with Crippen LogP contribution >= 0.6 is 0 Å². The minimum absolute atomic E-state index is 0.689. The molecule has 3 atom stereocenters. The van der Waals surface area contributed by atoms with Crippen LogP contribution < -0.4 is 0 Å². The lowest BCUT2D eigenvalue weighted by Crippen LogP contribution is -2.00. The van der Waals surface area contributed by atoms with Gasteiger partial charge in [-0.25, -0.2) is 0 Å². The van der Waals surface area contributed by atoms with Crippen molar-refractivity contribution in [1.29, 1.82) is 0 Å². The third kappa shape index (κ3) is 0.889. The normalized spacial score (nSPS) is 46.2. The molecule has 0 spiro atoms. The topological polar surface area (TPSA) is 0 Å². The maximum Gasteiger partial charge on any atom is -0.0266 e. The number of rotatable bonds is 2. The Kier molecular flexibility index (Phi) is 1.82. The standard InChI is InChI=1S/C10H20/c1-6-10(5)8(4)9(10)7(2)3/h7-9H,6H2,1-5H3. The van der Waals surface area contributed by atoms with E-state index in [2.05, 4.69) is 34.6 Å². The highest BCUT2D eigenvalue weighted by Gasteiger charge is 2.57. The van der Waals surface area contributed by atoms with Crippen LogP contribution in [0, 0.1) is 23.2 Å². The summed E-state index contributed by atoms with van der Waals surface area (Å²) in [5.41, 5.74) is 0.689. The maximum absolute atomic E-state index is 2.43. The molecule has 3 unspecified atom stereocenters. The molecule has 0 nitrogen and oxygen atoms in total. The molecule has 0 heterocycles. The van der Waals surface area contributed by atoms with Crippen molar-refractivity contribution in [2.24, 2.45) is 23.2 Å². The Balaban J connectivity index is 2.55. The first kappa shape index (κ1) is 8.10. The molecule has 0 heteroatoms. The fourth-order valence-corrected chi connectivity index (χ4v) is 2.74. The van der Waals surface area contributed by atoms with Crippen LogP contribution in [0.1, 0.15) is 41.0 Å². The summed E-state index contributed by atoms with van der Waals surface area (Å²) < 4.78 is 0. The first-order valence-corrected chi connectivity index (χ1v) is 4.54. The Hall–Kier alpha value is 0. The lowest BCUT2D eigenvalue weighted by molar-refractivity contribution is 0.410. The van der Waals surface area contributed by atoms with Crippen LogP contribution in [0.3, 0.4) is 0 Å². The van der Waals surface area contributed by atoms with E-state index in [-0.39, 0.29) is 0 Å². The molecule has 1 saturated carbocycles. The van der Waals surface area contributed by atoms with E-state index in [1.165, 1.54) is 6.42 Å². The van der Waals surface area contributed by atoms with E-state index in [0.29, 0.717) is 5.41 Å². The largest absolute Gasteiger partial charge is 0.0648 e. The summed E-state index contributed by atoms with van der Waals surface area (Å²) >= 11 is 0. The third-order valence-corrected chi connectivity index (χ3v) is 3.71. The quantitative estimate of drug-likeness (QED) is 0.552. The van der Waals surface area contributed by atoms with Crippen LogP contribution in [0.25, 0.3) is 0 Å². The van der Waals surface area contributed by atoms with E-state index >= 15 is 0 Å². The van der Waals surface area contributed by atoms with Gasteiger partial charge in [-0.2, -0.15) is 0 Å². The van der Waals surface area contributed by atoms with Gasteiger partial charge in [0.25, 0.3) is 0 Å². The van der Waals surface area contributed by atoms with Gasteiger partial charge in [-0.1, -0.05) is 41.0 Å². The highest BCUT2D eigenvalue weighted by Crippen LogP contribution is 2.63.